The number of nitrogens with zero attached hydrogens (tertiary/aromatic N) is 1. The van der Waals surface area contributed by atoms with E-state index in [0.717, 1.165) is 33.9 Å². The molecule has 1 aliphatic carbocycles. The van der Waals surface area contributed by atoms with Crippen molar-refractivity contribution in [3.8, 4) is 5.75 Å². The molecule has 3 N–H and O–H groups in total. The van der Waals surface area contributed by atoms with Gasteiger partial charge in [0.2, 0.25) is 11.8 Å². The maximum Gasteiger partial charge on any atom is 0.233 e. The molecule has 0 bridgehead atoms. The predicted molar refractivity (Wildman–Crippen MR) is 136 cm³/mol. The summed E-state index contributed by atoms with van der Waals surface area (Å²) in [7, 11) is 1.50. The van der Waals surface area contributed by atoms with Crippen LogP contribution in [0, 0.1) is 17.8 Å². The van der Waals surface area contributed by atoms with Gasteiger partial charge in [0.25, 0.3) is 0 Å². The molecule has 1 heterocycles. The number of likely N-dealkylation sites (tertiary alicyclic amines) is 1. The fourth-order valence-electron chi connectivity index (χ4n) is 5.94. The number of aliphatic hydroxyl groups excluding tert-OH is 2. The molecule has 0 radical (unpaired) electrons. The minimum Gasteiger partial charge on any atom is -0.507 e. The molecule has 1 fully saturated rings. The van der Waals surface area contributed by atoms with Crippen molar-refractivity contribution < 1.29 is 24.9 Å². The quantitative estimate of drug-likeness (QED) is 0.386. The van der Waals surface area contributed by atoms with Crippen LogP contribution in [0.5, 0.6) is 5.75 Å². The van der Waals surface area contributed by atoms with E-state index in [1.807, 2.05) is 37.3 Å². The van der Waals surface area contributed by atoms with Crippen LogP contribution in [0.1, 0.15) is 51.5 Å². The molecule has 35 heavy (non-hydrogen) atoms. The SMILES string of the molecule is CCC1=C([C@H](O)CC/C(=C/c2ccc(O)c3ccccc23)CC)[C@H](CO)[C@@H]2C(=O)N(C)C(=O)[C@@H]2C1. The third-order valence-electron chi connectivity index (χ3n) is 7.87. The lowest BCUT2D eigenvalue weighted by molar-refractivity contribution is -0.138. The van der Waals surface area contributed by atoms with Gasteiger partial charge in [-0.2, -0.15) is 0 Å². The number of carbonyl (C=O) groups excluding carboxylic acids is 2. The van der Waals surface area contributed by atoms with Gasteiger partial charge < -0.3 is 15.3 Å². The van der Waals surface area contributed by atoms with Crippen LogP contribution >= 0.6 is 0 Å². The zero-order chi connectivity index (χ0) is 25.3. The van der Waals surface area contributed by atoms with Gasteiger partial charge in [0, 0.05) is 18.4 Å². The predicted octanol–water partition coefficient (Wildman–Crippen LogP) is 4.43. The van der Waals surface area contributed by atoms with Gasteiger partial charge in [0.15, 0.2) is 0 Å². The van der Waals surface area contributed by atoms with E-state index in [9.17, 15) is 24.9 Å². The molecule has 186 valence electrons. The van der Waals surface area contributed by atoms with E-state index in [0.29, 0.717) is 25.7 Å². The van der Waals surface area contributed by atoms with E-state index in [2.05, 4.69) is 13.0 Å². The second-order valence-corrected chi connectivity index (χ2v) is 9.70. The van der Waals surface area contributed by atoms with Crippen molar-refractivity contribution in [2.45, 2.75) is 52.1 Å². The minimum atomic E-state index is -0.789. The van der Waals surface area contributed by atoms with Crippen LogP contribution in [-0.4, -0.2) is 51.8 Å². The molecule has 4 atom stereocenters. The van der Waals surface area contributed by atoms with Gasteiger partial charge in [-0.15, -0.1) is 0 Å². The molecule has 6 nitrogen and oxygen atoms in total. The van der Waals surface area contributed by atoms with E-state index in [1.54, 1.807) is 6.07 Å². The van der Waals surface area contributed by atoms with E-state index < -0.39 is 23.9 Å². The van der Waals surface area contributed by atoms with Crippen molar-refractivity contribution in [3.05, 3.63) is 58.7 Å². The highest BCUT2D eigenvalue weighted by Crippen LogP contribution is 2.46. The summed E-state index contributed by atoms with van der Waals surface area (Å²) < 4.78 is 0. The number of aromatic hydroxyl groups is 1. The Balaban J connectivity index is 1.58. The van der Waals surface area contributed by atoms with Gasteiger partial charge in [-0.05, 0) is 54.7 Å². The van der Waals surface area contributed by atoms with Crippen molar-refractivity contribution in [2.24, 2.45) is 17.8 Å². The van der Waals surface area contributed by atoms with Crippen molar-refractivity contribution >= 4 is 28.7 Å². The average Bonchev–Trinajstić information content (AvgIpc) is 3.10. The Morgan fingerprint density at radius 1 is 1.11 bits per heavy atom. The van der Waals surface area contributed by atoms with Crippen molar-refractivity contribution in [2.75, 3.05) is 13.7 Å². The molecule has 2 aromatic carbocycles. The first-order valence-electron chi connectivity index (χ1n) is 12.5. The summed E-state index contributed by atoms with van der Waals surface area (Å²) in [5, 5.41) is 33.5. The molecule has 0 saturated carbocycles. The number of amides is 2. The summed E-state index contributed by atoms with van der Waals surface area (Å²) in [6, 6.07) is 11.3. The van der Waals surface area contributed by atoms with Crippen LogP contribution < -0.4 is 0 Å². The fourth-order valence-corrected chi connectivity index (χ4v) is 5.94. The lowest BCUT2D eigenvalue weighted by Gasteiger charge is -2.36. The summed E-state index contributed by atoms with van der Waals surface area (Å²) in [6.07, 6.45) is 4.42. The van der Waals surface area contributed by atoms with E-state index >= 15 is 0 Å². The van der Waals surface area contributed by atoms with Gasteiger partial charge in [0.05, 0.1) is 24.5 Å². The molecule has 1 saturated heterocycles. The maximum absolute atomic E-state index is 12.8. The first-order valence-corrected chi connectivity index (χ1v) is 12.5. The molecule has 0 unspecified atom stereocenters. The third kappa shape index (κ3) is 4.53. The van der Waals surface area contributed by atoms with Gasteiger partial charge in [-0.1, -0.05) is 61.4 Å². The van der Waals surface area contributed by atoms with Crippen LogP contribution in [-0.2, 0) is 9.59 Å². The smallest absolute Gasteiger partial charge is 0.233 e. The number of allylic oxidation sites excluding steroid dienone is 2. The van der Waals surface area contributed by atoms with Crippen LogP contribution in [0.2, 0.25) is 0 Å². The number of imide groups is 1. The number of benzene rings is 2. The van der Waals surface area contributed by atoms with Gasteiger partial charge >= 0.3 is 0 Å². The number of carbonyl (C=O) groups is 2. The Labute approximate surface area is 206 Å². The van der Waals surface area contributed by atoms with Crippen LogP contribution in [0.25, 0.3) is 16.8 Å². The van der Waals surface area contributed by atoms with Crippen LogP contribution in [0.3, 0.4) is 0 Å². The summed E-state index contributed by atoms with van der Waals surface area (Å²) in [5.41, 5.74) is 3.92. The molecule has 4 rings (SSSR count). The first kappa shape index (κ1) is 25.1. The number of phenolic OH excluding ortho intramolecular Hbond substituents is 1. The zero-order valence-corrected chi connectivity index (χ0v) is 20.7. The van der Waals surface area contributed by atoms with Crippen molar-refractivity contribution in [1.29, 1.82) is 0 Å². The van der Waals surface area contributed by atoms with E-state index in [4.69, 9.17) is 0 Å². The number of phenols is 1. The average molecular weight is 478 g/mol. The third-order valence-corrected chi connectivity index (χ3v) is 7.87. The number of aliphatic hydroxyl groups is 2. The van der Waals surface area contributed by atoms with Crippen LogP contribution in [0.4, 0.5) is 0 Å². The van der Waals surface area contributed by atoms with Crippen molar-refractivity contribution in [1.82, 2.24) is 4.90 Å². The Morgan fingerprint density at radius 2 is 1.83 bits per heavy atom. The number of hydrogen-bond acceptors (Lipinski definition) is 5. The molecule has 1 aliphatic heterocycles. The second kappa shape index (κ2) is 10.3. The standard InChI is InChI=1S/C29H35NO5/c1-4-17(14-19-11-13-24(32)21-9-7-6-8-20(19)21)10-12-25(33)26-18(5-2)15-22-27(23(26)16-31)29(35)30(3)28(22)34/h6-9,11,13-14,22-23,25,27,31-33H,4-5,10,12,15-16H2,1-3H3/b17-14+/t22-,23+,25-,27-/m1/s1. The monoisotopic (exact) mass is 477 g/mol. The second-order valence-electron chi connectivity index (χ2n) is 9.70. The lowest BCUT2D eigenvalue weighted by Crippen LogP contribution is -2.39. The largest absolute Gasteiger partial charge is 0.507 e. The number of hydrogen-bond donors (Lipinski definition) is 3. The Kier molecular flexibility index (Phi) is 7.43. The van der Waals surface area contributed by atoms with Crippen LogP contribution in [0.15, 0.2) is 53.1 Å². The Bertz CT molecular complexity index is 1200. The number of rotatable bonds is 8. The van der Waals surface area contributed by atoms with Gasteiger partial charge in [0.1, 0.15) is 5.75 Å². The molecular weight excluding hydrogens is 442 g/mol. The van der Waals surface area contributed by atoms with E-state index in [-0.39, 0.29) is 24.2 Å². The minimum absolute atomic E-state index is 0.185. The molecule has 6 heteroatoms. The molecule has 0 aromatic heterocycles. The number of fused-ring (bicyclic) bond motifs is 2. The molecule has 2 aromatic rings. The summed E-state index contributed by atoms with van der Waals surface area (Å²) in [4.78, 5) is 26.6. The summed E-state index contributed by atoms with van der Waals surface area (Å²) >= 11 is 0. The van der Waals surface area contributed by atoms with E-state index in [1.165, 1.54) is 17.5 Å². The molecular formula is C29H35NO5. The first-order chi connectivity index (χ1) is 16.8. The highest BCUT2D eigenvalue weighted by Gasteiger charge is 2.53. The molecule has 2 amide bonds. The normalized spacial score (nSPS) is 23.9. The highest BCUT2D eigenvalue weighted by molar-refractivity contribution is 6.05. The highest BCUT2D eigenvalue weighted by atomic mass is 16.3. The Hall–Kier alpha value is -2.96. The van der Waals surface area contributed by atoms with Gasteiger partial charge in [-0.25, -0.2) is 0 Å². The molecule has 0 spiro atoms. The maximum atomic E-state index is 12.8. The zero-order valence-electron chi connectivity index (χ0n) is 20.7. The topological polar surface area (TPSA) is 98.1 Å². The Morgan fingerprint density at radius 3 is 2.49 bits per heavy atom. The van der Waals surface area contributed by atoms with Gasteiger partial charge in [-0.3, -0.25) is 14.5 Å². The summed E-state index contributed by atoms with van der Waals surface area (Å²) in [6.45, 7) is 3.81. The molecule has 2 aliphatic rings. The fraction of sp³-hybridized carbons (Fsp3) is 0.448. The summed E-state index contributed by atoms with van der Waals surface area (Å²) in [5.74, 6) is -1.76. The lowest BCUT2D eigenvalue weighted by atomic mass is 9.67. The van der Waals surface area contributed by atoms with Crippen molar-refractivity contribution in [3.63, 3.8) is 0 Å².